The maximum Gasteiger partial charge on any atom is 0.0948 e. The summed E-state index contributed by atoms with van der Waals surface area (Å²) >= 11 is 0. The van der Waals surface area contributed by atoms with Gasteiger partial charge in [0, 0.05) is 18.4 Å². The van der Waals surface area contributed by atoms with Gasteiger partial charge in [0.1, 0.15) is 0 Å². The first kappa shape index (κ1) is 5.81. The smallest absolute Gasteiger partial charge is 0.0948 e. The van der Waals surface area contributed by atoms with E-state index < -0.39 is 0 Å². The molecule has 1 aromatic rings. The number of rotatable bonds is 1. The lowest BCUT2D eigenvalue weighted by Gasteiger charge is -2.12. The van der Waals surface area contributed by atoms with Crippen molar-refractivity contribution in [2.75, 3.05) is 0 Å². The van der Waals surface area contributed by atoms with Gasteiger partial charge in [-0.2, -0.15) is 0 Å². The molecule has 0 aromatic carbocycles. The van der Waals surface area contributed by atoms with Crippen molar-refractivity contribution in [2.24, 2.45) is 11.8 Å². The molecule has 2 fully saturated rings. The fourth-order valence-electron chi connectivity index (χ4n) is 2.41. The molecule has 3 rings (SSSR count). The lowest BCUT2D eigenvalue weighted by Crippen LogP contribution is -2.03. The van der Waals surface area contributed by atoms with Crippen molar-refractivity contribution < 1.29 is 0 Å². The molecule has 2 saturated carbocycles. The van der Waals surface area contributed by atoms with Gasteiger partial charge in [0.15, 0.2) is 0 Å². The Morgan fingerprint density at radius 3 is 2.64 bits per heavy atom. The highest BCUT2D eigenvalue weighted by atomic mass is 15.1. The van der Waals surface area contributed by atoms with Crippen molar-refractivity contribution in [3.05, 3.63) is 18.7 Å². The first-order chi connectivity index (χ1) is 5.43. The van der Waals surface area contributed by atoms with Gasteiger partial charge in [-0.3, -0.25) is 0 Å². The summed E-state index contributed by atoms with van der Waals surface area (Å²) in [5.74, 6) is 2.14. The first-order valence-electron chi connectivity index (χ1n) is 4.41. The van der Waals surface area contributed by atoms with Crippen molar-refractivity contribution in [3.63, 3.8) is 0 Å². The third-order valence-corrected chi connectivity index (χ3v) is 3.17. The number of hydrogen-bond acceptors (Lipinski definition) is 1. The van der Waals surface area contributed by atoms with Crippen molar-refractivity contribution in [3.8, 4) is 0 Å². The molecule has 0 N–H and O–H groups in total. The summed E-state index contributed by atoms with van der Waals surface area (Å²) in [6.07, 6.45) is 10.2. The van der Waals surface area contributed by atoms with Crippen LogP contribution in [0.5, 0.6) is 0 Å². The van der Waals surface area contributed by atoms with Gasteiger partial charge in [-0.25, -0.2) is 4.98 Å². The number of aromatic nitrogens is 2. The molecule has 2 nitrogen and oxygen atoms in total. The first-order valence-corrected chi connectivity index (χ1v) is 4.41. The Morgan fingerprint density at radius 1 is 1.18 bits per heavy atom. The Bertz CT molecular complexity index is 243. The standard InChI is InChI=1S/C9H12N2/c1-2-11(6-10-1)9-4-7-3-8(7)5-9/h1-2,6-9H,3-5H2/t7-,8+,9?. The minimum absolute atomic E-state index is 0.779. The average molecular weight is 148 g/mol. The molecule has 3 atom stereocenters. The fourth-order valence-corrected chi connectivity index (χ4v) is 2.41. The van der Waals surface area contributed by atoms with E-state index in [-0.39, 0.29) is 0 Å². The van der Waals surface area contributed by atoms with Gasteiger partial charge in [0.2, 0.25) is 0 Å². The van der Waals surface area contributed by atoms with E-state index in [4.69, 9.17) is 0 Å². The second-order valence-corrected chi connectivity index (χ2v) is 3.89. The Kier molecular flexibility index (Phi) is 0.989. The Labute approximate surface area is 66.2 Å². The van der Waals surface area contributed by atoms with E-state index in [9.17, 15) is 0 Å². The normalized spacial score (nSPS) is 40.5. The molecule has 0 aliphatic heterocycles. The predicted octanol–water partition coefficient (Wildman–Crippen LogP) is 1.85. The van der Waals surface area contributed by atoms with Gasteiger partial charge in [-0.05, 0) is 31.1 Å². The van der Waals surface area contributed by atoms with Crippen molar-refractivity contribution >= 4 is 0 Å². The molecular weight excluding hydrogens is 136 g/mol. The van der Waals surface area contributed by atoms with Gasteiger partial charge < -0.3 is 4.57 Å². The second kappa shape index (κ2) is 1.87. The lowest BCUT2D eigenvalue weighted by atomic mass is 10.1. The maximum absolute atomic E-state index is 4.07. The molecule has 11 heavy (non-hydrogen) atoms. The highest BCUT2D eigenvalue weighted by molar-refractivity contribution is 4.99. The quantitative estimate of drug-likeness (QED) is 0.594. The van der Waals surface area contributed by atoms with Gasteiger partial charge in [-0.1, -0.05) is 0 Å². The maximum atomic E-state index is 4.07. The third kappa shape index (κ3) is 0.817. The number of imidazole rings is 1. The summed E-state index contributed by atoms with van der Waals surface area (Å²) in [6.45, 7) is 0. The van der Waals surface area contributed by atoms with Crippen LogP contribution >= 0.6 is 0 Å². The summed E-state index contributed by atoms with van der Waals surface area (Å²) in [4.78, 5) is 4.07. The van der Waals surface area contributed by atoms with E-state index in [1.165, 1.54) is 19.3 Å². The highest BCUT2D eigenvalue weighted by Crippen LogP contribution is 2.55. The summed E-state index contributed by atoms with van der Waals surface area (Å²) in [6, 6.07) is 0.779. The van der Waals surface area contributed by atoms with Crippen LogP contribution in [0.3, 0.4) is 0 Å². The van der Waals surface area contributed by atoms with Gasteiger partial charge >= 0.3 is 0 Å². The van der Waals surface area contributed by atoms with E-state index in [0.717, 1.165) is 17.9 Å². The fraction of sp³-hybridized carbons (Fsp3) is 0.667. The van der Waals surface area contributed by atoms with Crippen LogP contribution in [0.15, 0.2) is 18.7 Å². The molecule has 0 spiro atoms. The molecule has 1 aromatic heterocycles. The van der Waals surface area contributed by atoms with Crippen LogP contribution < -0.4 is 0 Å². The monoisotopic (exact) mass is 148 g/mol. The van der Waals surface area contributed by atoms with Gasteiger partial charge in [0.05, 0.1) is 6.33 Å². The van der Waals surface area contributed by atoms with Crippen LogP contribution in [-0.2, 0) is 0 Å². The van der Waals surface area contributed by atoms with Crippen LogP contribution in [0.2, 0.25) is 0 Å². The summed E-state index contributed by atoms with van der Waals surface area (Å²) in [5.41, 5.74) is 0. The molecule has 2 aliphatic rings. The van der Waals surface area contributed by atoms with E-state index >= 15 is 0 Å². The number of hydrogen-bond donors (Lipinski definition) is 0. The highest BCUT2D eigenvalue weighted by Gasteiger charge is 2.46. The van der Waals surface area contributed by atoms with Gasteiger partial charge in [0.25, 0.3) is 0 Å². The van der Waals surface area contributed by atoms with Crippen molar-refractivity contribution in [2.45, 2.75) is 25.3 Å². The van der Waals surface area contributed by atoms with Crippen molar-refractivity contribution in [1.29, 1.82) is 0 Å². The summed E-state index contributed by atoms with van der Waals surface area (Å²) in [5, 5.41) is 0. The Morgan fingerprint density at radius 2 is 2.00 bits per heavy atom. The lowest BCUT2D eigenvalue weighted by molar-refractivity contribution is 0.467. The van der Waals surface area contributed by atoms with E-state index in [1.807, 2.05) is 12.5 Å². The third-order valence-electron chi connectivity index (χ3n) is 3.17. The number of fused-ring (bicyclic) bond motifs is 1. The molecule has 0 bridgehead atoms. The summed E-state index contributed by atoms with van der Waals surface area (Å²) in [7, 11) is 0. The molecule has 0 amide bonds. The zero-order valence-electron chi connectivity index (χ0n) is 6.48. The topological polar surface area (TPSA) is 17.8 Å². The van der Waals surface area contributed by atoms with Crippen LogP contribution in [0.25, 0.3) is 0 Å². The Balaban J connectivity index is 1.81. The largest absolute Gasteiger partial charge is 0.334 e. The van der Waals surface area contributed by atoms with Crippen LogP contribution in [0.1, 0.15) is 25.3 Å². The molecule has 0 saturated heterocycles. The molecule has 1 heterocycles. The molecule has 2 heteroatoms. The zero-order valence-corrected chi connectivity index (χ0v) is 6.48. The van der Waals surface area contributed by atoms with E-state index in [2.05, 4.69) is 15.7 Å². The minimum Gasteiger partial charge on any atom is -0.334 e. The predicted molar refractivity (Wildman–Crippen MR) is 42.1 cm³/mol. The van der Waals surface area contributed by atoms with E-state index in [0.29, 0.717) is 0 Å². The van der Waals surface area contributed by atoms with Gasteiger partial charge in [-0.15, -0.1) is 0 Å². The average Bonchev–Trinajstić information content (AvgIpc) is 2.60. The van der Waals surface area contributed by atoms with Crippen molar-refractivity contribution in [1.82, 2.24) is 9.55 Å². The molecule has 1 unspecified atom stereocenters. The van der Waals surface area contributed by atoms with E-state index in [1.54, 1.807) is 0 Å². The zero-order chi connectivity index (χ0) is 7.26. The number of nitrogens with zero attached hydrogens (tertiary/aromatic N) is 2. The second-order valence-electron chi connectivity index (χ2n) is 3.89. The van der Waals surface area contributed by atoms with Crippen LogP contribution in [0.4, 0.5) is 0 Å². The molecule has 2 aliphatic carbocycles. The SMILES string of the molecule is c1cn(C2C[C@@H]3C[C@@H]3C2)cn1. The minimum atomic E-state index is 0.779. The van der Waals surface area contributed by atoms with Crippen LogP contribution in [0, 0.1) is 11.8 Å². The van der Waals surface area contributed by atoms with Crippen LogP contribution in [-0.4, -0.2) is 9.55 Å². The molecule has 58 valence electrons. The summed E-state index contributed by atoms with van der Waals surface area (Å²) < 4.78 is 2.27. The molecule has 0 radical (unpaired) electrons. The Hall–Kier alpha value is -0.790. The molecular formula is C9H12N2.